The van der Waals surface area contributed by atoms with Crippen LogP contribution < -0.4 is 0 Å². The normalized spacial score (nSPS) is 31.1. The molecule has 0 spiro atoms. The van der Waals surface area contributed by atoms with Crippen LogP contribution in [0.2, 0.25) is 43.8 Å². The zero-order chi connectivity index (χ0) is 26.8. The summed E-state index contributed by atoms with van der Waals surface area (Å²) in [5.41, 5.74) is 1.27. The van der Waals surface area contributed by atoms with Gasteiger partial charge in [-0.3, -0.25) is 9.59 Å². The molecule has 0 radical (unpaired) electrons. The number of carbonyl (C=O) groups excluding carboxylic acids is 2. The Morgan fingerprint density at radius 3 is 1.74 bits per heavy atom. The number of hydrogen-bond donors (Lipinski definition) is 0. The predicted molar refractivity (Wildman–Crippen MR) is 152 cm³/mol. The highest BCUT2D eigenvalue weighted by Crippen LogP contribution is 2.56. The molecular formula is C29H56O4Si2. The van der Waals surface area contributed by atoms with E-state index in [9.17, 15) is 9.59 Å². The van der Waals surface area contributed by atoms with E-state index in [2.05, 4.69) is 32.7 Å². The van der Waals surface area contributed by atoms with Gasteiger partial charge in [0.25, 0.3) is 0 Å². The summed E-state index contributed by atoms with van der Waals surface area (Å²) in [6, 6.07) is 0. The van der Waals surface area contributed by atoms with Crippen molar-refractivity contribution in [1.29, 1.82) is 0 Å². The number of esters is 2. The van der Waals surface area contributed by atoms with Crippen molar-refractivity contribution in [2.45, 2.75) is 148 Å². The Kier molecular flexibility index (Phi) is 10.3. The summed E-state index contributed by atoms with van der Waals surface area (Å²) < 4.78 is 10.9. The SMILES string of the molecule is CC(C)(C)OC(=O)CC1CCC([Si](C)(C)C)CC1.C[SiH](C)C1CC2CC1CC2C(=O)OC(C)(C)C. The lowest BCUT2D eigenvalue weighted by molar-refractivity contribution is -0.162. The molecule has 3 aliphatic rings. The molecule has 0 aliphatic heterocycles. The van der Waals surface area contributed by atoms with Gasteiger partial charge in [-0.15, -0.1) is 0 Å². The molecule has 2 bridgehead atoms. The molecule has 204 valence electrons. The van der Waals surface area contributed by atoms with E-state index in [0.717, 1.165) is 23.4 Å². The van der Waals surface area contributed by atoms with Crippen molar-refractivity contribution >= 4 is 28.8 Å². The zero-order valence-corrected chi connectivity index (χ0v) is 27.0. The van der Waals surface area contributed by atoms with E-state index in [1.165, 1.54) is 38.5 Å². The van der Waals surface area contributed by atoms with Gasteiger partial charge in [-0.25, -0.2) is 0 Å². The lowest BCUT2D eigenvalue weighted by atomic mass is 9.86. The first-order chi connectivity index (χ1) is 15.9. The smallest absolute Gasteiger partial charge is 0.309 e. The molecule has 3 rings (SSSR count). The number of hydrogen-bond acceptors (Lipinski definition) is 4. The van der Waals surface area contributed by atoms with E-state index in [1.54, 1.807) is 0 Å². The monoisotopic (exact) mass is 524 g/mol. The lowest BCUT2D eigenvalue weighted by Crippen LogP contribution is -2.33. The van der Waals surface area contributed by atoms with Gasteiger partial charge in [0.2, 0.25) is 0 Å². The maximum Gasteiger partial charge on any atom is 0.309 e. The molecule has 0 aromatic heterocycles. The van der Waals surface area contributed by atoms with Gasteiger partial charge < -0.3 is 9.47 Å². The average Bonchev–Trinajstić information content (AvgIpc) is 3.26. The fourth-order valence-electron chi connectivity index (χ4n) is 6.65. The van der Waals surface area contributed by atoms with E-state index in [0.29, 0.717) is 18.3 Å². The van der Waals surface area contributed by atoms with Crippen LogP contribution in [0.4, 0.5) is 0 Å². The average molecular weight is 525 g/mol. The van der Waals surface area contributed by atoms with Crippen molar-refractivity contribution < 1.29 is 19.1 Å². The van der Waals surface area contributed by atoms with Gasteiger partial charge in [-0.05, 0) is 102 Å². The molecule has 0 N–H and O–H groups in total. The third-order valence-electron chi connectivity index (χ3n) is 8.42. The number of carbonyl (C=O) groups is 2. The summed E-state index contributed by atoms with van der Waals surface area (Å²) in [6.07, 6.45) is 9.40. The zero-order valence-electron chi connectivity index (χ0n) is 24.8. The first-order valence-electron chi connectivity index (χ1n) is 14.3. The largest absolute Gasteiger partial charge is 0.460 e. The molecule has 0 aromatic carbocycles. The molecule has 4 atom stereocenters. The minimum absolute atomic E-state index is 0.0149. The van der Waals surface area contributed by atoms with E-state index in [4.69, 9.17) is 9.47 Å². The fourth-order valence-corrected chi connectivity index (χ4v) is 11.0. The quantitative estimate of drug-likeness (QED) is 0.271. The molecule has 0 heterocycles. The van der Waals surface area contributed by atoms with Gasteiger partial charge in [-0.2, -0.15) is 0 Å². The van der Waals surface area contributed by atoms with Crippen molar-refractivity contribution in [2.75, 3.05) is 0 Å². The van der Waals surface area contributed by atoms with Crippen LogP contribution in [0.3, 0.4) is 0 Å². The number of ether oxygens (including phenoxy) is 2. The molecular weight excluding hydrogens is 468 g/mol. The first kappa shape index (κ1) is 30.6. The summed E-state index contributed by atoms with van der Waals surface area (Å²) in [5, 5.41) is 0. The fraction of sp³-hybridized carbons (Fsp3) is 0.931. The van der Waals surface area contributed by atoms with Crippen LogP contribution in [-0.4, -0.2) is 40.0 Å². The highest BCUT2D eigenvalue weighted by atomic mass is 28.3. The molecule has 0 amide bonds. The first-order valence-corrected chi connectivity index (χ1v) is 20.9. The van der Waals surface area contributed by atoms with Crippen LogP contribution in [0.1, 0.15) is 92.9 Å². The second kappa shape index (κ2) is 11.8. The molecule has 0 saturated heterocycles. The maximum atomic E-state index is 12.1. The third-order valence-corrected chi connectivity index (χ3v) is 14.0. The summed E-state index contributed by atoms with van der Waals surface area (Å²) in [4.78, 5) is 23.9. The van der Waals surface area contributed by atoms with Gasteiger partial charge >= 0.3 is 11.9 Å². The van der Waals surface area contributed by atoms with Gasteiger partial charge in [0, 0.05) is 23.3 Å². The Morgan fingerprint density at radius 1 is 0.800 bits per heavy atom. The highest BCUT2D eigenvalue weighted by molar-refractivity contribution is 6.77. The second-order valence-electron chi connectivity index (χ2n) is 15.1. The second-order valence-corrected chi connectivity index (χ2v) is 24.0. The molecule has 35 heavy (non-hydrogen) atoms. The molecule has 3 saturated carbocycles. The van der Waals surface area contributed by atoms with Crippen LogP contribution in [-0.2, 0) is 19.1 Å². The molecule has 0 aromatic rings. The van der Waals surface area contributed by atoms with Crippen molar-refractivity contribution in [2.24, 2.45) is 23.7 Å². The van der Waals surface area contributed by atoms with Crippen LogP contribution >= 0.6 is 0 Å². The van der Waals surface area contributed by atoms with E-state index in [1.807, 2.05) is 41.5 Å². The van der Waals surface area contributed by atoms with Crippen molar-refractivity contribution in [3.05, 3.63) is 0 Å². The summed E-state index contributed by atoms with van der Waals surface area (Å²) in [5.74, 6) is 2.29. The molecule has 4 nitrogen and oxygen atoms in total. The summed E-state index contributed by atoms with van der Waals surface area (Å²) in [7, 11) is -1.50. The molecule has 6 heteroatoms. The van der Waals surface area contributed by atoms with Crippen LogP contribution in [0.5, 0.6) is 0 Å². The standard InChI is InChI=1S/C15H30O2Si.C14H26O2Si/c1-15(2,3)17-14(16)11-12-7-9-13(10-8-12)18(4,5)6;1-14(2,3)16-13(15)11-7-10-6-9(11)8-12(10)17(4)5/h12-13H,7-11H2,1-6H3;9-12,17H,6-8H2,1-5H3. The Morgan fingerprint density at radius 2 is 1.34 bits per heavy atom. The Balaban J connectivity index is 0.000000247. The summed E-state index contributed by atoms with van der Waals surface area (Å²) >= 11 is 0. The van der Waals surface area contributed by atoms with Crippen LogP contribution in [0, 0.1) is 23.7 Å². The highest BCUT2D eigenvalue weighted by Gasteiger charge is 2.50. The van der Waals surface area contributed by atoms with Gasteiger partial charge in [-0.1, -0.05) is 45.6 Å². The van der Waals surface area contributed by atoms with Gasteiger partial charge in [0.1, 0.15) is 11.2 Å². The van der Waals surface area contributed by atoms with Crippen molar-refractivity contribution in [1.82, 2.24) is 0 Å². The van der Waals surface area contributed by atoms with Crippen LogP contribution in [0.15, 0.2) is 0 Å². The maximum absolute atomic E-state index is 12.1. The molecule has 3 fully saturated rings. The molecule has 4 unspecified atom stereocenters. The van der Waals surface area contributed by atoms with Crippen molar-refractivity contribution in [3.8, 4) is 0 Å². The van der Waals surface area contributed by atoms with Crippen LogP contribution in [0.25, 0.3) is 0 Å². The Hall–Kier alpha value is -0.626. The minimum Gasteiger partial charge on any atom is -0.460 e. The van der Waals surface area contributed by atoms with Gasteiger partial charge in [0.15, 0.2) is 0 Å². The third kappa shape index (κ3) is 9.98. The predicted octanol–water partition coefficient (Wildman–Crippen LogP) is 7.85. The Labute approximate surface area is 219 Å². The topological polar surface area (TPSA) is 52.6 Å². The Bertz CT molecular complexity index is 706. The van der Waals surface area contributed by atoms with E-state index < -0.39 is 16.9 Å². The van der Waals surface area contributed by atoms with E-state index in [-0.39, 0.29) is 29.1 Å². The van der Waals surface area contributed by atoms with E-state index >= 15 is 0 Å². The number of fused-ring (bicyclic) bond motifs is 2. The lowest BCUT2D eigenvalue weighted by Gasteiger charge is -2.35. The van der Waals surface area contributed by atoms with Gasteiger partial charge in [0.05, 0.1) is 5.92 Å². The molecule has 3 aliphatic carbocycles. The number of rotatable bonds is 5. The minimum atomic E-state index is -0.980. The van der Waals surface area contributed by atoms with Crippen molar-refractivity contribution in [3.63, 3.8) is 0 Å². The summed E-state index contributed by atoms with van der Waals surface area (Å²) in [6.45, 7) is 24.0.